The van der Waals surface area contributed by atoms with Crippen molar-refractivity contribution in [2.24, 2.45) is 5.92 Å². The van der Waals surface area contributed by atoms with Gasteiger partial charge in [-0.3, -0.25) is 9.59 Å². The maximum absolute atomic E-state index is 11.7. The van der Waals surface area contributed by atoms with Crippen LogP contribution in [0.5, 0.6) is 0 Å². The summed E-state index contributed by atoms with van der Waals surface area (Å²) in [7, 11) is 0. The van der Waals surface area contributed by atoms with Crippen molar-refractivity contribution < 1.29 is 9.59 Å². The van der Waals surface area contributed by atoms with E-state index in [9.17, 15) is 9.59 Å². The molecule has 0 aromatic carbocycles. The van der Waals surface area contributed by atoms with Gasteiger partial charge in [-0.05, 0) is 36.6 Å². The van der Waals surface area contributed by atoms with E-state index in [1.165, 1.54) is 17.8 Å². The number of hydrogen-bond acceptors (Lipinski definition) is 3. The zero-order valence-electron chi connectivity index (χ0n) is 11.1. The van der Waals surface area contributed by atoms with E-state index < -0.39 is 0 Å². The summed E-state index contributed by atoms with van der Waals surface area (Å²) in [6, 6.07) is 3.95. The van der Waals surface area contributed by atoms with Gasteiger partial charge in [-0.15, -0.1) is 11.3 Å². The molecule has 2 N–H and O–H groups in total. The average molecular weight is 280 g/mol. The molecule has 1 saturated carbocycles. The molecule has 0 bridgehead atoms. The van der Waals surface area contributed by atoms with Crippen LogP contribution in [0.1, 0.15) is 42.3 Å². The van der Waals surface area contributed by atoms with Gasteiger partial charge < -0.3 is 10.6 Å². The van der Waals surface area contributed by atoms with Crippen molar-refractivity contribution in [1.29, 1.82) is 0 Å². The first-order chi connectivity index (χ1) is 9.15. The van der Waals surface area contributed by atoms with Gasteiger partial charge in [0.2, 0.25) is 5.91 Å². The number of thiophene rings is 1. The molecule has 1 fully saturated rings. The summed E-state index contributed by atoms with van der Waals surface area (Å²) in [5.41, 5.74) is 0. The molecule has 1 aliphatic carbocycles. The summed E-state index contributed by atoms with van der Waals surface area (Å²) in [4.78, 5) is 24.0. The van der Waals surface area contributed by atoms with E-state index in [1.807, 2.05) is 11.4 Å². The van der Waals surface area contributed by atoms with E-state index in [1.54, 1.807) is 6.07 Å². The summed E-state index contributed by atoms with van der Waals surface area (Å²) >= 11 is 1.40. The molecule has 2 atom stereocenters. The van der Waals surface area contributed by atoms with Gasteiger partial charge in [0.25, 0.3) is 5.91 Å². The van der Waals surface area contributed by atoms with Crippen molar-refractivity contribution in [2.75, 3.05) is 6.54 Å². The molecule has 2 rings (SSSR count). The largest absolute Gasteiger partial charge is 0.353 e. The monoisotopic (exact) mass is 280 g/mol. The third-order valence-corrected chi connectivity index (χ3v) is 4.31. The Bertz CT molecular complexity index is 431. The quantitative estimate of drug-likeness (QED) is 0.868. The molecule has 1 aromatic rings. The Labute approximate surface area is 117 Å². The van der Waals surface area contributed by atoms with Crippen LogP contribution in [-0.2, 0) is 4.79 Å². The van der Waals surface area contributed by atoms with Crippen LogP contribution in [0.2, 0.25) is 0 Å². The van der Waals surface area contributed by atoms with E-state index in [-0.39, 0.29) is 11.8 Å². The van der Waals surface area contributed by atoms with Crippen LogP contribution < -0.4 is 10.6 Å². The van der Waals surface area contributed by atoms with Gasteiger partial charge in [0.15, 0.2) is 0 Å². The van der Waals surface area contributed by atoms with Crippen LogP contribution in [0.15, 0.2) is 17.5 Å². The van der Waals surface area contributed by atoms with Crippen LogP contribution in [0.4, 0.5) is 0 Å². The van der Waals surface area contributed by atoms with Gasteiger partial charge in [-0.1, -0.05) is 13.0 Å². The number of rotatable bonds is 5. The third kappa shape index (κ3) is 4.35. The highest BCUT2D eigenvalue weighted by Gasteiger charge is 2.22. The lowest BCUT2D eigenvalue weighted by molar-refractivity contribution is -0.121. The molecule has 19 heavy (non-hydrogen) atoms. The van der Waals surface area contributed by atoms with Crippen LogP contribution in [0.25, 0.3) is 0 Å². The van der Waals surface area contributed by atoms with E-state index in [4.69, 9.17) is 0 Å². The highest BCUT2D eigenvalue weighted by Crippen LogP contribution is 2.24. The lowest BCUT2D eigenvalue weighted by Gasteiger charge is -2.12. The van der Waals surface area contributed by atoms with Crippen molar-refractivity contribution in [3.8, 4) is 0 Å². The normalized spacial score (nSPS) is 22.2. The predicted octanol–water partition coefficient (Wildman–Crippen LogP) is 2.17. The topological polar surface area (TPSA) is 58.2 Å². The molecule has 1 aliphatic rings. The Hall–Kier alpha value is -1.36. The summed E-state index contributed by atoms with van der Waals surface area (Å²) < 4.78 is 0. The highest BCUT2D eigenvalue weighted by molar-refractivity contribution is 7.12. The molecule has 104 valence electrons. The minimum absolute atomic E-state index is 0.0329. The number of carbonyl (C=O) groups is 2. The molecule has 4 nitrogen and oxygen atoms in total. The first kappa shape index (κ1) is 14.1. The fourth-order valence-corrected chi connectivity index (χ4v) is 3.06. The summed E-state index contributed by atoms with van der Waals surface area (Å²) in [6.45, 7) is 2.61. The Morgan fingerprint density at radius 2 is 2.26 bits per heavy atom. The molecule has 2 amide bonds. The summed E-state index contributed by atoms with van der Waals surface area (Å²) in [6.07, 6.45) is 3.70. The van der Waals surface area contributed by atoms with E-state index in [0.717, 1.165) is 12.8 Å². The molecule has 2 unspecified atom stereocenters. The summed E-state index contributed by atoms with van der Waals surface area (Å²) in [5, 5.41) is 7.65. The summed E-state index contributed by atoms with van der Waals surface area (Å²) in [5.74, 6) is 0.645. The van der Waals surface area contributed by atoms with Crippen molar-refractivity contribution in [2.45, 2.75) is 38.6 Å². The maximum Gasteiger partial charge on any atom is 0.261 e. The number of hydrogen-bond donors (Lipinski definition) is 2. The molecule has 0 saturated heterocycles. The van der Waals surface area contributed by atoms with Crippen molar-refractivity contribution in [3.63, 3.8) is 0 Å². The minimum Gasteiger partial charge on any atom is -0.353 e. The molecule has 5 heteroatoms. The lowest BCUT2D eigenvalue weighted by atomic mass is 10.1. The van der Waals surface area contributed by atoms with Gasteiger partial charge in [0.1, 0.15) is 0 Å². The van der Waals surface area contributed by atoms with Crippen LogP contribution in [0, 0.1) is 5.92 Å². The van der Waals surface area contributed by atoms with Gasteiger partial charge in [0.05, 0.1) is 4.88 Å². The third-order valence-electron chi connectivity index (χ3n) is 3.44. The molecular weight excluding hydrogens is 260 g/mol. The van der Waals surface area contributed by atoms with Gasteiger partial charge in [-0.25, -0.2) is 0 Å². The lowest BCUT2D eigenvalue weighted by Crippen LogP contribution is -2.35. The van der Waals surface area contributed by atoms with Crippen LogP contribution in [-0.4, -0.2) is 24.4 Å². The van der Waals surface area contributed by atoms with E-state index in [2.05, 4.69) is 17.6 Å². The van der Waals surface area contributed by atoms with Crippen molar-refractivity contribution >= 4 is 23.2 Å². The van der Waals surface area contributed by atoms with Crippen LogP contribution >= 0.6 is 11.3 Å². The fraction of sp³-hybridized carbons (Fsp3) is 0.571. The predicted molar refractivity (Wildman–Crippen MR) is 76.2 cm³/mol. The molecular formula is C14H20N2O2S. The second-order valence-electron chi connectivity index (χ2n) is 5.17. The van der Waals surface area contributed by atoms with Gasteiger partial charge in [-0.2, -0.15) is 0 Å². The molecule has 0 aliphatic heterocycles. The molecule has 1 aromatic heterocycles. The van der Waals surface area contributed by atoms with Crippen LogP contribution in [0.3, 0.4) is 0 Å². The number of carbonyl (C=O) groups excluding carboxylic acids is 2. The zero-order valence-corrected chi connectivity index (χ0v) is 12.0. The average Bonchev–Trinajstić information content (AvgIpc) is 3.00. The van der Waals surface area contributed by atoms with Gasteiger partial charge in [0, 0.05) is 19.0 Å². The zero-order chi connectivity index (χ0) is 13.7. The fourth-order valence-electron chi connectivity index (χ4n) is 2.42. The Morgan fingerprint density at radius 3 is 2.89 bits per heavy atom. The molecule has 0 spiro atoms. The van der Waals surface area contributed by atoms with E-state index in [0.29, 0.717) is 29.8 Å². The Balaban J connectivity index is 1.63. The van der Waals surface area contributed by atoms with E-state index >= 15 is 0 Å². The smallest absolute Gasteiger partial charge is 0.261 e. The molecule has 1 heterocycles. The number of amides is 2. The van der Waals surface area contributed by atoms with Gasteiger partial charge >= 0.3 is 0 Å². The Kier molecular flexibility index (Phi) is 4.96. The molecule has 0 radical (unpaired) electrons. The maximum atomic E-state index is 11.7. The second kappa shape index (κ2) is 6.70. The first-order valence-corrected chi connectivity index (χ1v) is 7.64. The van der Waals surface area contributed by atoms with Crippen molar-refractivity contribution in [1.82, 2.24) is 10.6 Å². The number of nitrogens with one attached hydrogen (secondary N) is 2. The highest BCUT2D eigenvalue weighted by atomic mass is 32.1. The second-order valence-corrected chi connectivity index (χ2v) is 6.11. The SMILES string of the molecule is CC1CCC(NC(=O)CCNC(=O)c2cccs2)C1. The standard InChI is InChI=1S/C14H20N2O2S/c1-10-4-5-11(9-10)16-13(17)6-7-15-14(18)12-3-2-8-19-12/h2-3,8,10-11H,4-7,9H2,1H3,(H,15,18)(H,16,17). The minimum atomic E-state index is -0.0997. The van der Waals surface area contributed by atoms with Crippen molar-refractivity contribution in [3.05, 3.63) is 22.4 Å². The Morgan fingerprint density at radius 1 is 1.42 bits per heavy atom. The first-order valence-electron chi connectivity index (χ1n) is 6.76.